The molecule has 35 heavy (non-hydrogen) atoms. The van der Waals surface area contributed by atoms with Crippen LogP contribution in [-0.4, -0.2) is 55.0 Å². The maximum absolute atomic E-state index is 12.5. The van der Waals surface area contributed by atoms with Gasteiger partial charge in [0.2, 0.25) is 5.91 Å². The molecule has 2 aromatic carbocycles. The van der Waals surface area contributed by atoms with Crippen molar-refractivity contribution in [1.82, 2.24) is 10.6 Å². The Balaban J connectivity index is 1.45. The van der Waals surface area contributed by atoms with E-state index in [1.54, 1.807) is 6.92 Å². The van der Waals surface area contributed by atoms with Crippen molar-refractivity contribution in [3.63, 3.8) is 0 Å². The summed E-state index contributed by atoms with van der Waals surface area (Å²) in [7, 11) is 0. The summed E-state index contributed by atoms with van der Waals surface area (Å²) in [6, 6.07) is 16.1. The number of carboxylic acid groups (broad SMARTS) is 1. The largest absolute Gasteiger partial charge is 0.481 e. The van der Waals surface area contributed by atoms with Crippen molar-refractivity contribution >= 4 is 18.0 Å². The van der Waals surface area contributed by atoms with Crippen LogP contribution < -0.4 is 10.6 Å². The van der Waals surface area contributed by atoms with Crippen molar-refractivity contribution in [1.29, 1.82) is 0 Å². The molecule has 3 N–H and O–H groups in total. The molecule has 0 saturated carbocycles. The number of fused-ring (bicyclic) bond motifs is 3. The molecule has 8 heteroatoms. The molecular weight excluding hydrogens is 448 g/mol. The molecule has 2 atom stereocenters. The fourth-order valence-corrected chi connectivity index (χ4v) is 4.43. The third-order valence-electron chi connectivity index (χ3n) is 6.21. The zero-order valence-corrected chi connectivity index (χ0v) is 20.3. The molecule has 0 saturated heterocycles. The van der Waals surface area contributed by atoms with Gasteiger partial charge in [0, 0.05) is 31.5 Å². The van der Waals surface area contributed by atoms with Crippen LogP contribution in [0.2, 0.25) is 0 Å². The highest BCUT2D eigenvalue weighted by Gasteiger charge is 2.29. The van der Waals surface area contributed by atoms with E-state index in [9.17, 15) is 14.4 Å². The van der Waals surface area contributed by atoms with Gasteiger partial charge in [-0.1, -0.05) is 55.5 Å². The molecule has 0 heterocycles. The number of aliphatic carboxylic acids is 1. The first-order valence-electron chi connectivity index (χ1n) is 12.1. The van der Waals surface area contributed by atoms with Crippen LogP contribution in [0.3, 0.4) is 0 Å². The summed E-state index contributed by atoms with van der Waals surface area (Å²) in [5, 5.41) is 14.5. The SMILES string of the molecule is CCOC(CNC(=O)CCC(CC)NC(=O)OCC1c2ccccc2-c2ccccc21)CC(=O)O. The Labute approximate surface area is 206 Å². The zero-order valence-electron chi connectivity index (χ0n) is 20.3. The number of ether oxygens (including phenoxy) is 2. The Kier molecular flexibility index (Phi) is 9.66. The lowest BCUT2D eigenvalue weighted by Gasteiger charge is -2.19. The van der Waals surface area contributed by atoms with E-state index in [2.05, 4.69) is 34.9 Å². The second-order valence-electron chi connectivity index (χ2n) is 8.59. The minimum atomic E-state index is -0.976. The standard InChI is InChI=1S/C27H34N2O6/c1-3-18(13-14-25(30)28-16-19(34-4-2)15-26(31)32)29-27(33)35-17-24-22-11-7-5-9-20(22)21-10-6-8-12-23(21)24/h5-12,18-19,24H,3-4,13-17H2,1-2H3,(H,28,30)(H,29,33)(H,31,32). The van der Waals surface area contributed by atoms with E-state index in [0.29, 0.717) is 19.4 Å². The van der Waals surface area contributed by atoms with Gasteiger partial charge < -0.3 is 25.2 Å². The predicted molar refractivity (Wildman–Crippen MR) is 132 cm³/mol. The lowest BCUT2D eigenvalue weighted by Crippen LogP contribution is -2.38. The summed E-state index contributed by atoms with van der Waals surface area (Å²) in [6.45, 7) is 4.45. The first kappa shape index (κ1) is 26.2. The van der Waals surface area contributed by atoms with Crippen LogP contribution in [0.15, 0.2) is 48.5 Å². The van der Waals surface area contributed by atoms with Crippen LogP contribution in [0, 0.1) is 0 Å². The van der Waals surface area contributed by atoms with Crippen molar-refractivity contribution in [2.45, 2.75) is 57.6 Å². The fraction of sp³-hybridized carbons (Fsp3) is 0.444. The second-order valence-corrected chi connectivity index (χ2v) is 8.59. The Bertz CT molecular complexity index is 979. The van der Waals surface area contributed by atoms with Gasteiger partial charge >= 0.3 is 12.1 Å². The Morgan fingerprint density at radius 3 is 2.20 bits per heavy atom. The molecule has 2 unspecified atom stereocenters. The van der Waals surface area contributed by atoms with Gasteiger partial charge in [0.1, 0.15) is 6.61 Å². The maximum atomic E-state index is 12.5. The van der Waals surface area contributed by atoms with Crippen molar-refractivity contribution in [3.8, 4) is 11.1 Å². The first-order chi connectivity index (χ1) is 16.9. The lowest BCUT2D eigenvalue weighted by molar-refractivity contribution is -0.140. The molecule has 8 nitrogen and oxygen atoms in total. The van der Waals surface area contributed by atoms with E-state index in [1.165, 1.54) is 11.1 Å². The van der Waals surface area contributed by atoms with Gasteiger partial charge in [-0.15, -0.1) is 0 Å². The third-order valence-corrected chi connectivity index (χ3v) is 6.21. The number of alkyl carbamates (subject to hydrolysis) is 1. The molecule has 2 aromatic rings. The fourth-order valence-electron chi connectivity index (χ4n) is 4.43. The van der Waals surface area contributed by atoms with Crippen LogP contribution >= 0.6 is 0 Å². The van der Waals surface area contributed by atoms with Gasteiger partial charge in [-0.05, 0) is 42.0 Å². The minimum Gasteiger partial charge on any atom is -0.481 e. The molecule has 0 spiro atoms. The van der Waals surface area contributed by atoms with Crippen molar-refractivity contribution < 1.29 is 29.0 Å². The van der Waals surface area contributed by atoms with E-state index in [0.717, 1.165) is 11.1 Å². The summed E-state index contributed by atoms with van der Waals surface area (Å²) < 4.78 is 10.9. The number of nitrogens with one attached hydrogen (secondary N) is 2. The smallest absolute Gasteiger partial charge is 0.407 e. The summed E-state index contributed by atoms with van der Waals surface area (Å²) in [5.41, 5.74) is 4.64. The number of amides is 2. The zero-order chi connectivity index (χ0) is 25.2. The molecule has 0 radical (unpaired) electrons. The topological polar surface area (TPSA) is 114 Å². The van der Waals surface area contributed by atoms with Gasteiger partial charge in [-0.25, -0.2) is 4.79 Å². The summed E-state index contributed by atoms with van der Waals surface area (Å²) in [6.07, 6.45) is 0.0609. The summed E-state index contributed by atoms with van der Waals surface area (Å²) in [4.78, 5) is 35.6. The molecule has 0 bridgehead atoms. The maximum Gasteiger partial charge on any atom is 0.407 e. The number of carbonyl (C=O) groups excluding carboxylic acids is 2. The molecule has 2 amide bonds. The lowest BCUT2D eigenvalue weighted by atomic mass is 9.98. The van der Waals surface area contributed by atoms with Crippen LogP contribution in [0.1, 0.15) is 56.6 Å². The number of hydrogen-bond donors (Lipinski definition) is 3. The predicted octanol–water partition coefficient (Wildman–Crippen LogP) is 4.08. The highest BCUT2D eigenvalue weighted by Crippen LogP contribution is 2.44. The second kappa shape index (κ2) is 12.9. The number of benzene rings is 2. The third kappa shape index (κ3) is 7.29. The van der Waals surface area contributed by atoms with Crippen LogP contribution in [-0.2, 0) is 19.1 Å². The number of carbonyl (C=O) groups is 3. The van der Waals surface area contributed by atoms with E-state index in [-0.39, 0.29) is 43.9 Å². The average molecular weight is 483 g/mol. The monoisotopic (exact) mass is 482 g/mol. The van der Waals surface area contributed by atoms with Gasteiger partial charge in [0.25, 0.3) is 0 Å². The van der Waals surface area contributed by atoms with E-state index >= 15 is 0 Å². The van der Waals surface area contributed by atoms with E-state index < -0.39 is 18.2 Å². The minimum absolute atomic E-state index is 0.0110. The Morgan fingerprint density at radius 1 is 1.00 bits per heavy atom. The molecule has 0 aliphatic heterocycles. The molecule has 0 aromatic heterocycles. The summed E-state index contributed by atoms with van der Waals surface area (Å²) in [5.74, 6) is -1.20. The highest BCUT2D eigenvalue weighted by atomic mass is 16.5. The molecule has 1 aliphatic carbocycles. The van der Waals surface area contributed by atoms with Gasteiger partial charge in [-0.2, -0.15) is 0 Å². The van der Waals surface area contributed by atoms with Crippen molar-refractivity contribution in [3.05, 3.63) is 59.7 Å². The van der Waals surface area contributed by atoms with Crippen LogP contribution in [0.25, 0.3) is 11.1 Å². The first-order valence-corrected chi connectivity index (χ1v) is 12.1. The highest BCUT2D eigenvalue weighted by molar-refractivity contribution is 5.79. The van der Waals surface area contributed by atoms with Gasteiger partial charge in [-0.3, -0.25) is 9.59 Å². The Morgan fingerprint density at radius 2 is 1.63 bits per heavy atom. The molecule has 188 valence electrons. The molecular formula is C27H34N2O6. The van der Waals surface area contributed by atoms with Crippen LogP contribution in [0.4, 0.5) is 4.79 Å². The molecule has 1 aliphatic rings. The van der Waals surface area contributed by atoms with Gasteiger partial charge in [0.15, 0.2) is 0 Å². The number of carboxylic acids is 1. The average Bonchev–Trinajstić information content (AvgIpc) is 3.17. The van der Waals surface area contributed by atoms with Crippen molar-refractivity contribution in [2.75, 3.05) is 19.8 Å². The summed E-state index contributed by atoms with van der Waals surface area (Å²) >= 11 is 0. The van der Waals surface area contributed by atoms with E-state index in [4.69, 9.17) is 14.6 Å². The van der Waals surface area contributed by atoms with Crippen LogP contribution in [0.5, 0.6) is 0 Å². The normalized spacial score (nSPS) is 13.9. The molecule has 0 fully saturated rings. The van der Waals surface area contributed by atoms with Gasteiger partial charge in [0.05, 0.1) is 12.5 Å². The van der Waals surface area contributed by atoms with E-state index in [1.807, 2.05) is 31.2 Å². The number of rotatable bonds is 13. The van der Waals surface area contributed by atoms with Crippen molar-refractivity contribution in [2.24, 2.45) is 0 Å². The quantitative estimate of drug-likeness (QED) is 0.396. The number of hydrogen-bond acceptors (Lipinski definition) is 5. The molecule has 3 rings (SSSR count). The Hall–Kier alpha value is -3.39.